The Balaban J connectivity index is 1.53. The number of benzene rings is 3. The molecule has 0 radical (unpaired) electrons. The number of nitriles is 1. The SMILES string of the molecule is CCOC(=O)C1=C(C)N=c2s/c(=C/c3ccc(OCc4ccccc4C#N)cc3)c(=O)n2[C@H]1c1ccc(C)c([N+](=O)[O-])c1. The van der Waals surface area contributed by atoms with Gasteiger partial charge >= 0.3 is 5.97 Å². The Bertz CT molecular complexity index is 2000. The van der Waals surface area contributed by atoms with Crippen LogP contribution in [0.2, 0.25) is 0 Å². The summed E-state index contributed by atoms with van der Waals surface area (Å²) in [4.78, 5) is 43.1. The molecule has 43 heavy (non-hydrogen) atoms. The number of hydrogen-bond acceptors (Lipinski definition) is 9. The lowest BCUT2D eigenvalue weighted by atomic mass is 9.94. The topological polar surface area (TPSA) is 137 Å². The van der Waals surface area contributed by atoms with Crippen LogP contribution in [0, 0.1) is 28.4 Å². The van der Waals surface area contributed by atoms with E-state index in [1.807, 2.05) is 12.1 Å². The van der Waals surface area contributed by atoms with Crippen molar-refractivity contribution in [3.05, 3.63) is 136 Å². The Morgan fingerprint density at radius 3 is 2.60 bits per heavy atom. The minimum absolute atomic E-state index is 0.115. The zero-order chi connectivity index (χ0) is 30.7. The molecule has 0 amide bonds. The summed E-state index contributed by atoms with van der Waals surface area (Å²) in [6, 6.07) is 20.2. The Morgan fingerprint density at radius 1 is 1.16 bits per heavy atom. The molecule has 0 spiro atoms. The molecule has 0 fully saturated rings. The molecule has 1 aliphatic rings. The number of aromatic nitrogens is 1. The lowest BCUT2D eigenvalue weighted by Crippen LogP contribution is -2.40. The molecule has 0 saturated heterocycles. The predicted molar refractivity (Wildman–Crippen MR) is 160 cm³/mol. The molecule has 0 aliphatic carbocycles. The second-order valence-electron chi connectivity index (χ2n) is 9.73. The van der Waals surface area contributed by atoms with Gasteiger partial charge in [-0.1, -0.05) is 53.8 Å². The Labute approximate surface area is 250 Å². The molecule has 1 atom stereocenters. The van der Waals surface area contributed by atoms with Gasteiger partial charge in [-0.2, -0.15) is 5.26 Å². The first-order valence-corrected chi connectivity index (χ1v) is 14.2. The first kappa shape index (κ1) is 29.2. The van der Waals surface area contributed by atoms with Crippen LogP contribution in [-0.2, 0) is 16.1 Å². The quantitative estimate of drug-likeness (QED) is 0.167. The van der Waals surface area contributed by atoms with Gasteiger partial charge in [-0.15, -0.1) is 0 Å². The number of nitro benzene ring substituents is 1. The number of fused-ring (bicyclic) bond motifs is 1. The smallest absolute Gasteiger partial charge is 0.338 e. The Morgan fingerprint density at radius 2 is 1.91 bits per heavy atom. The number of allylic oxidation sites excluding steroid dienone is 1. The first-order chi connectivity index (χ1) is 20.7. The average Bonchev–Trinajstić information content (AvgIpc) is 3.30. The first-order valence-electron chi connectivity index (χ1n) is 13.4. The van der Waals surface area contributed by atoms with Gasteiger partial charge in [0.2, 0.25) is 0 Å². The number of hydrogen-bond donors (Lipinski definition) is 0. The zero-order valence-corrected chi connectivity index (χ0v) is 24.4. The number of thiazole rings is 1. The van der Waals surface area contributed by atoms with Crippen molar-refractivity contribution in [2.45, 2.75) is 33.4 Å². The van der Waals surface area contributed by atoms with Crippen molar-refractivity contribution in [2.75, 3.05) is 6.61 Å². The highest BCUT2D eigenvalue weighted by atomic mass is 32.1. The van der Waals surface area contributed by atoms with Crippen LogP contribution >= 0.6 is 11.3 Å². The van der Waals surface area contributed by atoms with Crippen LogP contribution in [0.25, 0.3) is 6.08 Å². The van der Waals surface area contributed by atoms with E-state index in [1.165, 1.54) is 10.6 Å². The van der Waals surface area contributed by atoms with Crippen LogP contribution in [0.5, 0.6) is 5.75 Å². The molecular formula is C32H26N4O6S. The summed E-state index contributed by atoms with van der Waals surface area (Å²) in [7, 11) is 0. The van der Waals surface area contributed by atoms with Crippen molar-refractivity contribution in [2.24, 2.45) is 4.99 Å². The monoisotopic (exact) mass is 594 g/mol. The van der Waals surface area contributed by atoms with Crippen molar-refractivity contribution in [3.8, 4) is 11.8 Å². The van der Waals surface area contributed by atoms with E-state index < -0.39 is 16.9 Å². The van der Waals surface area contributed by atoms with Gasteiger partial charge in [0.15, 0.2) is 4.80 Å². The molecule has 10 nitrogen and oxygen atoms in total. The molecule has 0 N–H and O–H groups in total. The molecular weight excluding hydrogens is 568 g/mol. The van der Waals surface area contributed by atoms with E-state index in [-0.39, 0.29) is 30.0 Å². The normalized spacial score (nSPS) is 14.5. The van der Waals surface area contributed by atoms with Crippen molar-refractivity contribution < 1.29 is 19.2 Å². The number of aryl methyl sites for hydroxylation is 1. The second kappa shape index (κ2) is 12.3. The highest BCUT2D eigenvalue weighted by Gasteiger charge is 2.34. The van der Waals surface area contributed by atoms with E-state index >= 15 is 0 Å². The van der Waals surface area contributed by atoms with Crippen molar-refractivity contribution in [3.63, 3.8) is 0 Å². The summed E-state index contributed by atoms with van der Waals surface area (Å²) >= 11 is 1.16. The fourth-order valence-electron chi connectivity index (χ4n) is 4.83. The Hall–Kier alpha value is -5.34. The molecule has 3 aromatic carbocycles. The largest absolute Gasteiger partial charge is 0.489 e. The van der Waals surface area contributed by atoms with Gasteiger partial charge in [-0.05, 0) is 56.2 Å². The van der Waals surface area contributed by atoms with E-state index in [4.69, 9.17) is 9.47 Å². The van der Waals surface area contributed by atoms with Gasteiger partial charge in [-0.25, -0.2) is 9.79 Å². The number of nitrogens with zero attached hydrogens (tertiary/aromatic N) is 4. The molecule has 5 rings (SSSR count). The summed E-state index contributed by atoms with van der Waals surface area (Å²) in [5, 5.41) is 21.0. The average molecular weight is 595 g/mol. The van der Waals surface area contributed by atoms with Crippen LogP contribution in [0.1, 0.15) is 47.7 Å². The number of rotatable bonds is 8. The van der Waals surface area contributed by atoms with E-state index in [0.29, 0.717) is 37.5 Å². The number of carbonyl (C=O) groups excluding carboxylic acids is 1. The van der Waals surface area contributed by atoms with Gasteiger partial charge in [-0.3, -0.25) is 19.5 Å². The van der Waals surface area contributed by atoms with Gasteiger partial charge in [0, 0.05) is 17.2 Å². The maximum Gasteiger partial charge on any atom is 0.338 e. The summed E-state index contributed by atoms with van der Waals surface area (Å²) in [5.41, 5.74) is 2.95. The number of nitro groups is 1. The van der Waals surface area contributed by atoms with E-state index in [9.17, 15) is 25.0 Å². The maximum absolute atomic E-state index is 13.8. The summed E-state index contributed by atoms with van der Waals surface area (Å²) in [5.74, 6) is -0.0405. The standard InChI is InChI=1S/C32H26N4O6S/c1-4-41-31(38)28-20(3)34-32-35(29(28)22-12-9-19(2)26(16-22)36(39)40)30(37)27(43-32)15-21-10-13-25(14-11-21)42-18-24-8-6-5-7-23(24)17-33/h5-16,29H,4,18H2,1-3H3/b27-15+/t29-/m0/s1. The van der Waals surface area contributed by atoms with Crippen LogP contribution < -0.4 is 19.6 Å². The van der Waals surface area contributed by atoms with E-state index in [0.717, 1.165) is 22.5 Å². The van der Waals surface area contributed by atoms with Crippen molar-refractivity contribution in [1.29, 1.82) is 5.26 Å². The maximum atomic E-state index is 13.8. The second-order valence-corrected chi connectivity index (χ2v) is 10.7. The van der Waals surface area contributed by atoms with Gasteiger partial charge in [0.25, 0.3) is 11.2 Å². The molecule has 216 valence electrons. The highest BCUT2D eigenvalue weighted by molar-refractivity contribution is 7.07. The molecule has 0 unspecified atom stereocenters. The number of esters is 1. The van der Waals surface area contributed by atoms with Gasteiger partial charge in [0.05, 0.1) is 45.0 Å². The molecule has 1 aromatic heterocycles. The van der Waals surface area contributed by atoms with Crippen molar-refractivity contribution in [1.82, 2.24) is 4.57 Å². The van der Waals surface area contributed by atoms with Crippen LogP contribution in [0.15, 0.2) is 87.8 Å². The van der Waals surface area contributed by atoms with Crippen LogP contribution in [-0.4, -0.2) is 22.1 Å². The fraction of sp³-hybridized carbons (Fsp3) is 0.188. The molecule has 0 bridgehead atoms. The van der Waals surface area contributed by atoms with Gasteiger partial charge < -0.3 is 9.47 Å². The van der Waals surface area contributed by atoms with E-state index in [2.05, 4.69) is 11.1 Å². The third-order valence-electron chi connectivity index (χ3n) is 6.97. The third-order valence-corrected chi connectivity index (χ3v) is 7.96. The lowest BCUT2D eigenvalue weighted by Gasteiger charge is -2.24. The number of carbonyl (C=O) groups is 1. The predicted octanol–water partition coefficient (Wildman–Crippen LogP) is 4.47. The third kappa shape index (κ3) is 5.86. The molecule has 4 aromatic rings. The molecule has 11 heteroatoms. The summed E-state index contributed by atoms with van der Waals surface area (Å²) < 4.78 is 12.9. The van der Waals surface area contributed by atoms with E-state index in [1.54, 1.807) is 75.4 Å². The lowest BCUT2D eigenvalue weighted by molar-refractivity contribution is -0.385. The molecule has 1 aliphatic heterocycles. The molecule has 0 saturated carbocycles. The minimum Gasteiger partial charge on any atom is -0.489 e. The highest BCUT2D eigenvalue weighted by Crippen LogP contribution is 2.33. The van der Waals surface area contributed by atoms with Crippen molar-refractivity contribution >= 4 is 29.1 Å². The fourth-order valence-corrected chi connectivity index (χ4v) is 5.87. The van der Waals surface area contributed by atoms with Gasteiger partial charge in [0.1, 0.15) is 12.4 Å². The minimum atomic E-state index is -0.955. The number of ether oxygens (including phenoxy) is 2. The van der Waals surface area contributed by atoms with Crippen LogP contribution in [0.3, 0.4) is 0 Å². The molecule has 2 heterocycles. The summed E-state index contributed by atoms with van der Waals surface area (Å²) in [6.07, 6.45) is 1.72. The van der Waals surface area contributed by atoms with Crippen LogP contribution in [0.4, 0.5) is 5.69 Å². The Kier molecular flexibility index (Phi) is 8.32. The summed E-state index contributed by atoms with van der Waals surface area (Å²) in [6.45, 7) is 5.32. The zero-order valence-electron chi connectivity index (χ0n) is 23.6.